The first kappa shape index (κ1) is 64.4. The van der Waals surface area contributed by atoms with Crippen molar-refractivity contribution in [3.8, 4) is 0 Å². The molecule has 68 heavy (non-hydrogen) atoms. The maximum atomic E-state index is 12.8. The molecule has 0 heterocycles. The lowest BCUT2D eigenvalue weighted by molar-refractivity contribution is -0.161. The zero-order chi connectivity index (χ0) is 49.9. The number of carbonyl (C=O) groups excluding carboxylic acids is 3. The van der Waals surface area contributed by atoms with E-state index in [1.54, 1.807) is 0 Å². The van der Waals surface area contributed by atoms with Crippen LogP contribution >= 0.6 is 7.82 Å². The minimum Gasteiger partial charge on any atom is -0.462 e. The minimum atomic E-state index is -4.76. The third-order valence-electron chi connectivity index (χ3n) is 10.5. The average molecular weight is 973 g/mol. The zero-order valence-corrected chi connectivity index (χ0v) is 43.4. The number of aliphatic hydroxyl groups is 1. The Labute approximate surface area is 412 Å². The fourth-order valence-corrected chi connectivity index (χ4v) is 7.36. The van der Waals surface area contributed by atoms with Gasteiger partial charge in [0.2, 0.25) is 0 Å². The monoisotopic (exact) mass is 973 g/mol. The van der Waals surface area contributed by atoms with Crippen LogP contribution in [0, 0.1) is 0 Å². The van der Waals surface area contributed by atoms with E-state index in [-0.39, 0.29) is 25.9 Å². The van der Waals surface area contributed by atoms with Crippen LogP contribution in [0.25, 0.3) is 0 Å². The lowest BCUT2D eigenvalue weighted by Gasteiger charge is -2.21. The molecule has 0 bridgehead atoms. The van der Waals surface area contributed by atoms with Gasteiger partial charge >= 0.3 is 25.7 Å². The van der Waals surface area contributed by atoms with E-state index in [1.165, 1.54) is 32.1 Å². The van der Waals surface area contributed by atoms with Crippen molar-refractivity contribution in [2.45, 2.75) is 213 Å². The van der Waals surface area contributed by atoms with Crippen molar-refractivity contribution >= 4 is 25.7 Å². The summed E-state index contributed by atoms with van der Waals surface area (Å²) in [4.78, 5) is 48.3. The molecule has 2 N–H and O–H groups in total. The maximum absolute atomic E-state index is 12.8. The fourth-order valence-electron chi connectivity index (χ4n) is 6.58. The molecular formula is C56H93O11P. The van der Waals surface area contributed by atoms with Gasteiger partial charge in [-0.3, -0.25) is 23.4 Å². The molecule has 0 fully saturated rings. The highest BCUT2D eigenvalue weighted by Gasteiger charge is 2.28. The molecule has 0 aromatic heterocycles. The Bertz CT molecular complexity index is 1510. The van der Waals surface area contributed by atoms with E-state index < -0.39 is 57.8 Å². The second-order valence-electron chi connectivity index (χ2n) is 16.9. The van der Waals surface area contributed by atoms with Crippen molar-refractivity contribution in [1.29, 1.82) is 0 Å². The molecule has 0 amide bonds. The standard InChI is InChI=1S/C56H93O11P/c1-4-7-10-13-16-19-21-23-25-26-28-29-31-34-36-39-42-45-54(58)63-49-53(67-56(60)47-44-41-38-35-32-30-27-24-22-20-17-14-11-8-5-2)51-65-68(61,62)64-50-52(48-57)66-55(59)46-43-40-37-33-18-15-12-9-6-3/h7-8,10-11,16-17,19-20,23-25,27-29,34,36,52-53,57H,4-6,9,12-15,18,21-22,26,30-33,35,37-51H2,1-3H3,(H,61,62)/b10-7-,11-8-,19-16-,20-17-,25-23-,27-24-,29-28-,36-34-. The molecule has 388 valence electrons. The predicted molar refractivity (Wildman–Crippen MR) is 279 cm³/mol. The van der Waals surface area contributed by atoms with E-state index in [0.717, 1.165) is 103 Å². The first-order valence-electron chi connectivity index (χ1n) is 26.1. The molecule has 0 spiro atoms. The molecule has 0 aliphatic rings. The summed E-state index contributed by atoms with van der Waals surface area (Å²) in [5.74, 6) is -1.57. The number of phosphoric acid groups is 1. The van der Waals surface area contributed by atoms with Crippen LogP contribution in [0.1, 0.15) is 201 Å². The molecular weight excluding hydrogens is 880 g/mol. The molecule has 3 unspecified atom stereocenters. The van der Waals surface area contributed by atoms with Crippen LogP contribution in [0.2, 0.25) is 0 Å². The summed E-state index contributed by atoms with van der Waals surface area (Å²) in [5.41, 5.74) is 0. The second-order valence-corrected chi connectivity index (χ2v) is 18.4. The Kier molecular flexibility index (Phi) is 47.2. The number of allylic oxidation sites excluding steroid dienone is 16. The van der Waals surface area contributed by atoms with Crippen molar-refractivity contribution in [2.24, 2.45) is 0 Å². The average Bonchev–Trinajstić information content (AvgIpc) is 3.32. The van der Waals surface area contributed by atoms with E-state index in [1.807, 2.05) is 6.08 Å². The number of unbranched alkanes of at least 4 members (excludes halogenated alkanes) is 14. The van der Waals surface area contributed by atoms with Crippen LogP contribution in [0.4, 0.5) is 0 Å². The zero-order valence-electron chi connectivity index (χ0n) is 42.5. The van der Waals surface area contributed by atoms with Crippen molar-refractivity contribution in [3.63, 3.8) is 0 Å². The van der Waals surface area contributed by atoms with E-state index in [0.29, 0.717) is 25.7 Å². The van der Waals surface area contributed by atoms with E-state index in [2.05, 4.69) is 112 Å². The highest BCUT2D eigenvalue weighted by molar-refractivity contribution is 7.47. The molecule has 11 nitrogen and oxygen atoms in total. The van der Waals surface area contributed by atoms with Crippen LogP contribution < -0.4 is 0 Å². The molecule has 0 aliphatic carbocycles. The lowest BCUT2D eigenvalue weighted by Crippen LogP contribution is -2.30. The molecule has 0 radical (unpaired) electrons. The van der Waals surface area contributed by atoms with E-state index in [4.69, 9.17) is 23.3 Å². The molecule has 3 atom stereocenters. The van der Waals surface area contributed by atoms with Gasteiger partial charge in [0.25, 0.3) is 0 Å². The second kappa shape index (κ2) is 49.8. The van der Waals surface area contributed by atoms with Gasteiger partial charge in [0.1, 0.15) is 12.7 Å². The summed E-state index contributed by atoms with van der Waals surface area (Å²) in [6, 6.07) is 0. The lowest BCUT2D eigenvalue weighted by atomic mass is 10.1. The highest BCUT2D eigenvalue weighted by Crippen LogP contribution is 2.43. The smallest absolute Gasteiger partial charge is 0.462 e. The normalized spacial score (nSPS) is 14.2. The molecule has 0 aliphatic heterocycles. The Morgan fingerprint density at radius 2 is 0.779 bits per heavy atom. The van der Waals surface area contributed by atoms with Crippen molar-refractivity contribution in [3.05, 3.63) is 97.2 Å². The Balaban J connectivity index is 4.87. The summed E-state index contributed by atoms with van der Waals surface area (Å²) in [6.07, 6.45) is 56.8. The van der Waals surface area contributed by atoms with Crippen molar-refractivity contribution in [1.82, 2.24) is 0 Å². The predicted octanol–water partition coefficient (Wildman–Crippen LogP) is 14.9. The number of hydrogen-bond acceptors (Lipinski definition) is 10. The number of carbonyl (C=O) groups is 3. The van der Waals surface area contributed by atoms with Gasteiger partial charge in [-0.2, -0.15) is 0 Å². The van der Waals surface area contributed by atoms with Gasteiger partial charge in [-0.05, 0) is 89.9 Å². The SMILES string of the molecule is CC/C=C\C/C=C\C/C=C\C/C=C\C/C=C\CCCC(=O)OCC(COP(=O)(O)OCC(CO)OC(=O)CCCCCCCCCCC)OC(=O)CCCCCCC/C=C\C/C=C\C/C=C\CC. The third kappa shape index (κ3) is 47.5. The van der Waals surface area contributed by atoms with Gasteiger partial charge < -0.3 is 24.2 Å². The number of esters is 3. The van der Waals surface area contributed by atoms with Crippen LogP contribution in [-0.2, 0) is 42.2 Å². The molecule has 0 saturated carbocycles. The minimum absolute atomic E-state index is 0.132. The molecule has 0 saturated heterocycles. The summed E-state index contributed by atoms with van der Waals surface area (Å²) in [6.45, 7) is 4.28. The van der Waals surface area contributed by atoms with Gasteiger partial charge in [0, 0.05) is 19.3 Å². The Morgan fingerprint density at radius 1 is 0.426 bits per heavy atom. The summed E-state index contributed by atoms with van der Waals surface area (Å²) >= 11 is 0. The van der Waals surface area contributed by atoms with Gasteiger partial charge in [-0.1, -0.05) is 189 Å². The van der Waals surface area contributed by atoms with Crippen LogP contribution in [0.3, 0.4) is 0 Å². The van der Waals surface area contributed by atoms with Crippen LogP contribution in [0.15, 0.2) is 97.2 Å². The first-order valence-corrected chi connectivity index (χ1v) is 27.6. The van der Waals surface area contributed by atoms with Crippen LogP contribution in [-0.4, -0.2) is 66.5 Å². The maximum Gasteiger partial charge on any atom is 0.472 e. The largest absolute Gasteiger partial charge is 0.472 e. The van der Waals surface area contributed by atoms with E-state index in [9.17, 15) is 28.9 Å². The number of aliphatic hydroxyl groups excluding tert-OH is 1. The van der Waals surface area contributed by atoms with Crippen LogP contribution in [0.5, 0.6) is 0 Å². The van der Waals surface area contributed by atoms with Crippen molar-refractivity contribution in [2.75, 3.05) is 26.4 Å². The number of phosphoric ester groups is 1. The summed E-state index contributed by atoms with van der Waals surface area (Å²) in [7, 11) is -4.76. The molecule has 0 aromatic carbocycles. The number of rotatable bonds is 47. The number of ether oxygens (including phenoxy) is 3. The van der Waals surface area contributed by atoms with Gasteiger partial charge in [-0.15, -0.1) is 0 Å². The van der Waals surface area contributed by atoms with E-state index >= 15 is 0 Å². The Morgan fingerprint density at radius 3 is 1.22 bits per heavy atom. The molecule has 12 heteroatoms. The van der Waals surface area contributed by atoms with Gasteiger partial charge in [-0.25, -0.2) is 4.57 Å². The van der Waals surface area contributed by atoms with Gasteiger partial charge in [0.05, 0.1) is 19.8 Å². The summed E-state index contributed by atoms with van der Waals surface area (Å²) < 4.78 is 39.2. The Hall–Kier alpha value is -3.60. The number of hydrogen-bond donors (Lipinski definition) is 2. The van der Waals surface area contributed by atoms with Gasteiger partial charge in [0.15, 0.2) is 6.10 Å². The quantitative estimate of drug-likeness (QED) is 0.0197. The first-order chi connectivity index (χ1) is 33.2. The summed E-state index contributed by atoms with van der Waals surface area (Å²) in [5, 5.41) is 9.75. The topological polar surface area (TPSA) is 155 Å². The molecule has 0 rings (SSSR count). The fraction of sp³-hybridized carbons (Fsp3) is 0.661. The third-order valence-corrected chi connectivity index (χ3v) is 11.5. The molecule has 0 aromatic rings. The van der Waals surface area contributed by atoms with Crippen molar-refractivity contribution < 1.29 is 52.2 Å². The highest BCUT2D eigenvalue weighted by atomic mass is 31.2.